The van der Waals surface area contributed by atoms with Crippen molar-refractivity contribution in [1.82, 2.24) is 10.2 Å². The van der Waals surface area contributed by atoms with E-state index in [2.05, 4.69) is 10.2 Å². The van der Waals surface area contributed by atoms with Crippen molar-refractivity contribution >= 4 is 28.2 Å². The smallest absolute Gasteiger partial charge is 0.128 e. The number of aromatic amines is 1. The van der Waals surface area contributed by atoms with Gasteiger partial charge in [-0.15, -0.1) is 0 Å². The Morgan fingerprint density at radius 3 is 2.82 bits per heavy atom. The summed E-state index contributed by atoms with van der Waals surface area (Å²) in [5.41, 5.74) is 14.3. The maximum Gasteiger partial charge on any atom is 0.128 e. The Hall–Kier alpha value is -2.11. The molecule has 114 valence electrons. The second-order valence-corrected chi connectivity index (χ2v) is 5.61. The molecule has 0 saturated carbocycles. The Labute approximate surface area is 132 Å². The minimum absolute atomic E-state index is 0.252. The Kier molecular flexibility index (Phi) is 4.00. The first-order valence-electron chi connectivity index (χ1n) is 6.99. The van der Waals surface area contributed by atoms with Crippen LogP contribution in [-0.2, 0) is 0 Å². The molecule has 4 nitrogen and oxygen atoms in total. The van der Waals surface area contributed by atoms with Gasteiger partial charge in [-0.3, -0.25) is 5.10 Å². The van der Waals surface area contributed by atoms with Gasteiger partial charge in [-0.1, -0.05) is 29.8 Å². The number of halogens is 2. The van der Waals surface area contributed by atoms with Crippen LogP contribution in [0.25, 0.3) is 10.9 Å². The van der Waals surface area contributed by atoms with Gasteiger partial charge in [0.05, 0.1) is 16.9 Å². The summed E-state index contributed by atoms with van der Waals surface area (Å²) < 4.78 is 14.3. The standard InChI is InChI=1S/C16H16ClFN4/c17-9-4-5-10(13(18)8-9)11(6-7-19)15-12-2-1-3-14(20)16(12)22-21-15/h1-5,8,11H,6-7,19-20H2,(H,21,22). The number of nitrogens with two attached hydrogens (primary N) is 2. The predicted molar refractivity (Wildman–Crippen MR) is 87.4 cm³/mol. The van der Waals surface area contributed by atoms with E-state index in [9.17, 15) is 4.39 Å². The fraction of sp³-hybridized carbons (Fsp3) is 0.188. The lowest BCUT2D eigenvalue weighted by atomic mass is 9.90. The lowest BCUT2D eigenvalue weighted by Crippen LogP contribution is -2.11. The summed E-state index contributed by atoms with van der Waals surface area (Å²) in [6.07, 6.45) is 0.577. The number of benzene rings is 2. The minimum atomic E-state index is -0.356. The topological polar surface area (TPSA) is 80.7 Å². The minimum Gasteiger partial charge on any atom is -0.397 e. The van der Waals surface area contributed by atoms with Crippen molar-refractivity contribution in [3.05, 3.63) is 58.5 Å². The molecule has 2 aromatic carbocycles. The van der Waals surface area contributed by atoms with Gasteiger partial charge in [-0.05, 0) is 36.7 Å². The zero-order valence-corrected chi connectivity index (χ0v) is 12.6. The van der Waals surface area contributed by atoms with Crippen LogP contribution in [0.4, 0.5) is 10.1 Å². The van der Waals surface area contributed by atoms with Gasteiger partial charge in [0.25, 0.3) is 0 Å². The third kappa shape index (κ3) is 2.53. The first-order valence-corrected chi connectivity index (χ1v) is 7.37. The average molecular weight is 319 g/mol. The molecule has 0 aliphatic heterocycles. The summed E-state index contributed by atoms with van der Waals surface area (Å²) in [5, 5.41) is 8.53. The van der Waals surface area contributed by atoms with Crippen LogP contribution in [0.15, 0.2) is 36.4 Å². The second-order valence-electron chi connectivity index (χ2n) is 5.17. The molecule has 0 fully saturated rings. The zero-order valence-electron chi connectivity index (χ0n) is 11.8. The molecule has 0 radical (unpaired) electrons. The summed E-state index contributed by atoms with van der Waals surface area (Å²) >= 11 is 5.84. The normalized spacial score (nSPS) is 12.7. The Bertz CT molecular complexity index is 815. The van der Waals surface area contributed by atoms with E-state index in [4.69, 9.17) is 23.1 Å². The molecule has 0 saturated heterocycles. The lowest BCUT2D eigenvalue weighted by molar-refractivity contribution is 0.583. The van der Waals surface area contributed by atoms with E-state index in [-0.39, 0.29) is 11.7 Å². The summed E-state index contributed by atoms with van der Waals surface area (Å²) in [4.78, 5) is 0. The largest absolute Gasteiger partial charge is 0.397 e. The number of nitrogens with one attached hydrogen (secondary N) is 1. The van der Waals surface area contributed by atoms with Crippen LogP contribution >= 0.6 is 11.6 Å². The molecule has 0 aliphatic rings. The van der Waals surface area contributed by atoms with Crippen LogP contribution in [-0.4, -0.2) is 16.7 Å². The number of aromatic nitrogens is 2. The third-order valence-corrected chi connectivity index (χ3v) is 4.02. The molecule has 0 aliphatic carbocycles. The molecule has 22 heavy (non-hydrogen) atoms. The van der Waals surface area contributed by atoms with E-state index in [1.54, 1.807) is 18.2 Å². The molecule has 5 N–H and O–H groups in total. The highest BCUT2D eigenvalue weighted by atomic mass is 35.5. The SMILES string of the molecule is NCCC(c1ccc(Cl)cc1F)c1n[nH]c2c(N)cccc12. The number of nitrogen functional groups attached to an aromatic ring is 1. The number of nitrogens with zero attached hydrogens (tertiary/aromatic N) is 1. The highest BCUT2D eigenvalue weighted by molar-refractivity contribution is 6.30. The number of rotatable bonds is 4. The van der Waals surface area contributed by atoms with Crippen molar-refractivity contribution in [3.63, 3.8) is 0 Å². The number of H-pyrrole nitrogens is 1. The Balaban J connectivity index is 2.16. The first kappa shape index (κ1) is 14.8. The zero-order chi connectivity index (χ0) is 15.7. The van der Waals surface area contributed by atoms with Crippen molar-refractivity contribution in [2.45, 2.75) is 12.3 Å². The third-order valence-electron chi connectivity index (χ3n) is 3.78. The van der Waals surface area contributed by atoms with Gasteiger partial charge in [0.1, 0.15) is 5.82 Å². The Morgan fingerprint density at radius 1 is 1.27 bits per heavy atom. The van der Waals surface area contributed by atoms with Gasteiger partial charge in [-0.2, -0.15) is 5.10 Å². The van der Waals surface area contributed by atoms with Crippen LogP contribution in [0, 0.1) is 5.82 Å². The van der Waals surface area contributed by atoms with Crippen molar-refractivity contribution in [1.29, 1.82) is 0 Å². The molecule has 0 amide bonds. The van der Waals surface area contributed by atoms with Gasteiger partial charge in [0.15, 0.2) is 0 Å². The molecule has 1 atom stereocenters. The van der Waals surface area contributed by atoms with Crippen molar-refractivity contribution < 1.29 is 4.39 Å². The number of para-hydroxylation sites is 1. The molecule has 3 aromatic rings. The van der Waals surface area contributed by atoms with E-state index in [1.165, 1.54) is 6.07 Å². The summed E-state index contributed by atoms with van der Waals surface area (Å²) in [6.45, 7) is 0.420. The fourth-order valence-electron chi connectivity index (χ4n) is 2.74. The lowest BCUT2D eigenvalue weighted by Gasteiger charge is -2.16. The van der Waals surface area contributed by atoms with Gasteiger partial charge in [0.2, 0.25) is 0 Å². The molecular formula is C16H16ClFN4. The average Bonchev–Trinajstić information content (AvgIpc) is 2.91. The molecule has 6 heteroatoms. The molecule has 3 rings (SSSR count). The molecule has 1 unspecified atom stereocenters. The van der Waals surface area contributed by atoms with Crippen molar-refractivity contribution in [2.75, 3.05) is 12.3 Å². The number of hydrogen-bond acceptors (Lipinski definition) is 3. The molecular weight excluding hydrogens is 303 g/mol. The predicted octanol–water partition coefficient (Wildman–Crippen LogP) is 3.42. The van der Waals surface area contributed by atoms with E-state index < -0.39 is 0 Å². The second kappa shape index (κ2) is 5.94. The van der Waals surface area contributed by atoms with Gasteiger partial charge in [0, 0.05) is 16.3 Å². The van der Waals surface area contributed by atoms with Crippen LogP contribution in [0.2, 0.25) is 5.02 Å². The summed E-state index contributed by atoms with van der Waals surface area (Å²) in [6, 6.07) is 10.2. The first-order chi connectivity index (χ1) is 10.6. The highest BCUT2D eigenvalue weighted by Crippen LogP contribution is 2.34. The maximum absolute atomic E-state index is 14.3. The van der Waals surface area contributed by atoms with E-state index in [0.29, 0.717) is 29.2 Å². The monoisotopic (exact) mass is 318 g/mol. The Morgan fingerprint density at radius 2 is 2.09 bits per heavy atom. The van der Waals surface area contributed by atoms with E-state index in [0.717, 1.165) is 16.6 Å². The van der Waals surface area contributed by atoms with Gasteiger partial charge < -0.3 is 11.5 Å². The van der Waals surface area contributed by atoms with Crippen molar-refractivity contribution in [3.8, 4) is 0 Å². The van der Waals surface area contributed by atoms with Crippen molar-refractivity contribution in [2.24, 2.45) is 5.73 Å². The van der Waals surface area contributed by atoms with Gasteiger partial charge in [-0.25, -0.2) is 4.39 Å². The maximum atomic E-state index is 14.3. The van der Waals surface area contributed by atoms with Crippen LogP contribution < -0.4 is 11.5 Å². The number of hydrogen-bond donors (Lipinski definition) is 3. The molecule has 0 spiro atoms. The molecule has 0 bridgehead atoms. The number of fused-ring (bicyclic) bond motifs is 1. The number of anilines is 1. The summed E-state index contributed by atoms with van der Waals surface area (Å²) in [5.74, 6) is -0.608. The van der Waals surface area contributed by atoms with Gasteiger partial charge >= 0.3 is 0 Å². The molecule has 1 heterocycles. The summed E-state index contributed by atoms with van der Waals surface area (Å²) in [7, 11) is 0. The fourth-order valence-corrected chi connectivity index (χ4v) is 2.90. The van der Waals surface area contributed by atoms with Crippen LogP contribution in [0.1, 0.15) is 23.6 Å². The van der Waals surface area contributed by atoms with E-state index in [1.807, 2.05) is 12.1 Å². The molecule has 1 aromatic heterocycles. The van der Waals surface area contributed by atoms with E-state index >= 15 is 0 Å². The highest BCUT2D eigenvalue weighted by Gasteiger charge is 2.22. The quantitative estimate of drug-likeness (QED) is 0.645. The van der Waals surface area contributed by atoms with Crippen LogP contribution in [0.3, 0.4) is 0 Å². The van der Waals surface area contributed by atoms with Crippen LogP contribution in [0.5, 0.6) is 0 Å².